The first kappa shape index (κ1) is 18.9. The number of rotatable bonds is 7. The highest BCUT2D eigenvalue weighted by molar-refractivity contribution is 5.90. The minimum Gasteiger partial charge on any atom is -0.352 e. The lowest BCUT2D eigenvalue weighted by atomic mass is 10.0. The van der Waals surface area contributed by atoms with Gasteiger partial charge >= 0.3 is 0 Å². The molecule has 5 nitrogen and oxygen atoms in total. The van der Waals surface area contributed by atoms with E-state index in [1.807, 2.05) is 37.3 Å². The fourth-order valence-corrected chi connectivity index (χ4v) is 3.53. The van der Waals surface area contributed by atoms with Crippen molar-refractivity contribution in [3.63, 3.8) is 0 Å². The average molecular weight is 357 g/mol. The van der Waals surface area contributed by atoms with E-state index in [1.54, 1.807) is 0 Å². The Balaban J connectivity index is 1.62. The summed E-state index contributed by atoms with van der Waals surface area (Å²) in [6.07, 6.45) is 7.39. The van der Waals surface area contributed by atoms with Gasteiger partial charge in [0.05, 0.1) is 6.04 Å². The van der Waals surface area contributed by atoms with Crippen LogP contribution in [0.4, 0.5) is 0 Å². The monoisotopic (exact) mass is 357 g/mol. The Morgan fingerprint density at radius 2 is 1.69 bits per heavy atom. The molecule has 5 heteroatoms. The molecule has 2 aliphatic rings. The minimum atomic E-state index is -0.514. The summed E-state index contributed by atoms with van der Waals surface area (Å²) in [5.74, 6) is -0.105. The van der Waals surface area contributed by atoms with Crippen molar-refractivity contribution in [2.45, 2.75) is 70.0 Å². The van der Waals surface area contributed by atoms with E-state index in [0.29, 0.717) is 12.5 Å². The number of nitrogens with one attached hydrogen (secondary N) is 2. The van der Waals surface area contributed by atoms with Crippen LogP contribution in [0, 0.1) is 0 Å². The molecule has 1 saturated carbocycles. The summed E-state index contributed by atoms with van der Waals surface area (Å²) in [6.45, 7) is 3.89. The Bertz CT molecular complexity index is 593. The SMILES string of the molecule is CC(C(=O)NC(Cc1ccccc1)C(=O)NC1CC1)N1CCCCCC1. The van der Waals surface area contributed by atoms with Crippen molar-refractivity contribution in [2.24, 2.45) is 0 Å². The Morgan fingerprint density at radius 1 is 1.04 bits per heavy atom. The van der Waals surface area contributed by atoms with E-state index in [0.717, 1.165) is 44.3 Å². The smallest absolute Gasteiger partial charge is 0.243 e. The van der Waals surface area contributed by atoms with Crippen LogP contribution >= 0.6 is 0 Å². The molecule has 0 aromatic heterocycles. The molecule has 3 rings (SSSR count). The van der Waals surface area contributed by atoms with Crippen LogP contribution in [0.1, 0.15) is 51.0 Å². The van der Waals surface area contributed by atoms with Crippen molar-refractivity contribution in [2.75, 3.05) is 13.1 Å². The molecule has 1 saturated heterocycles. The molecule has 1 aliphatic carbocycles. The maximum atomic E-state index is 12.8. The molecule has 2 unspecified atom stereocenters. The molecular weight excluding hydrogens is 326 g/mol. The maximum absolute atomic E-state index is 12.8. The molecule has 26 heavy (non-hydrogen) atoms. The Hall–Kier alpha value is -1.88. The molecule has 0 radical (unpaired) electrons. The molecule has 2 N–H and O–H groups in total. The van der Waals surface area contributed by atoms with Gasteiger partial charge in [-0.05, 0) is 51.3 Å². The van der Waals surface area contributed by atoms with Crippen molar-refractivity contribution < 1.29 is 9.59 Å². The van der Waals surface area contributed by atoms with Crippen LogP contribution in [0.3, 0.4) is 0 Å². The number of benzene rings is 1. The molecule has 1 aromatic rings. The summed E-state index contributed by atoms with van der Waals surface area (Å²) in [6, 6.07) is 9.48. The summed E-state index contributed by atoms with van der Waals surface area (Å²) >= 11 is 0. The van der Waals surface area contributed by atoms with Gasteiger partial charge in [-0.25, -0.2) is 0 Å². The topological polar surface area (TPSA) is 61.4 Å². The predicted molar refractivity (Wildman–Crippen MR) is 103 cm³/mol. The van der Waals surface area contributed by atoms with Crippen molar-refractivity contribution in [1.29, 1.82) is 0 Å². The van der Waals surface area contributed by atoms with E-state index in [1.165, 1.54) is 12.8 Å². The molecule has 0 spiro atoms. The second-order valence-corrected chi connectivity index (χ2v) is 7.66. The summed E-state index contributed by atoms with van der Waals surface area (Å²) in [5.41, 5.74) is 1.06. The van der Waals surface area contributed by atoms with E-state index < -0.39 is 6.04 Å². The molecule has 2 atom stereocenters. The van der Waals surface area contributed by atoms with E-state index in [9.17, 15) is 9.59 Å². The van der Waals surface area contributed by atoms with E-state index in [2.05, 4.69) is 15.5 Å². The minimum absolute atomic E-state index is 0.0428. The first-order valence-corrected chi connectivity index (χ1v) is 10.0. The van der Waals surface area contributed by atoms with Gasteiger partial charge in [-0.3, -0.25) is 14.5 Å². The normalized spacial score (nSPS) is 20.7. The zero-order chi connectivity index (χ0) is 18.4. The van der Waals surface area contributed by atoms with Crippen molar-refractivity contribution in [3.05, 3.63) is 35.9 Å². The summed E-state index contributed by atoms with van der Waals surface area (Å²) < 4.78 is 0. The standard InChI is InChI=1S/C21H31N3O2/c1-16(24-13-7-2-3-8-14-24)20(25)23-19(21(26)22-18-11-12-18)15-17-9-5-4-6-10-17/h4-6,9-10,16,18-19H,2-3,7-8,11-15H2,1H3,(H,22,26)(H,23,25). The van der Waals surface area contributed by atoms with Crippen LogP contribution in [0.25, 0.3) is 0 Å². The van der Waals surface area contributed by atoms with Gasteiger partial charge in [0.2, 0.25) is 11.8 Å². The number of amides is 2. The van der Waals surface area contributed by atoms with E-state index >= 15 is 0 Å². The third kappa shape index (κ3) is 5.56. The fraction of sp³-hybridized carbons (Fsp3) is 0.619. The van der Waals surface area contributed by atoms with Crippen LogP contribution in [-0.2, 0) is 16.0 Å². The Kier molecular flexibility index (Phi) is 6.67. The first-order valence-electron chi connectivity index (χ1n) is 10.0. The van der Waals surface area contributed by atoms with Gasteiger partial charge in [-0.15, -0.1) is 0 Å². The van der Waals surface area contributed by atoms with Crippen LogP contribution in [-0.4, -0.2) is 47.9 Å². The van der Waals surface area contributed by atoms with Gasteiger partial charge in [0.1, 0.15) is 6.04 Å². The van der Waals surface area contributed by atoms with Crippen molar-refractivity contribution in [3.8, 4) is 0 Å². The number of carbonyl (C=O) groups excluding carboxylic acids is 2. The van der Waals surface area contributed by atoms with Crippen LogP contribution < -0.4 is 10.6 Å². The average Bonchev–Trinajstić information content (AvgIpc) is 3.48. The molecule has 142 valence electrons. The van der Waals surface area contributed by atoms with Gasteiger partial charge < -0.3 is 10.6 Å². The summed E-state index contributed by atoms with van der Waals surface area (Å²) in [7, 11) is 0. The lowest BCUT2D eigenvalue weighted by molar-refractivity contribution is -0.131. The first-order chi connectivity index (χ1) is 12.6. The van der Waals surface area contributed by atoms with Crippen molar-refractivity contribution >= 4 is 11.8 Å². The Morgan fingerprint density at radius 3 is 2.31 bits per heavy atom. The third-order valence-corrected chi connectivity index (χ3v) is 5.41. The molecule has 1 aromatic carbocycles. The zero-order valence-corrected chi connectivity index (χ0v) is 15.7. The molecule has 1 heterocycles. The quantitative estimate of drug-likeness (QED) is 0.787. The number of hydrogen-bond donors (Lipinski definition) is 2. The highest BCUT2D eigenvalue weighted by Gasteiger charge is 2.30. The summed E-state index contributed by atoms with van der Waals surface area (Å²) in [5, 5.41) is 6.06. The van der Waals surface area contributed by atoms with E-state index in [-0.39, 0.29) is 17.9 Å². The van der Waals surface area contributed by atoms with Gasteiger partial charge in [0, 0.05) is 12.5 Å². The van der Waals surface area contributed by atoms with Crippen LogP contribution in [0.5, 0.6) is 0 Å². The Labute approximate surface area is 156 Å². The van der Waals surface area contributed by atoms with Gasteiger partial charge in [0.25, 0.3) is 0 Å². The van der Waals surface area contributed by atoms with Gasteiger partial charge in [0.15, 0.2) is 0 Å². The highest BCUT2D eigenvalue weighted by atomic mass is 16.2. The van der Waals surface area contributed by atoms with Crippen molar-refractivity contribution in [1.82, 2.24) is 15.5 Å². The zero-order valence-electron chi connectivity index (χ0n) is 15.7. The highest BCUT2D eigenvalue weighted by Crippen LogP contribution is 2.19. The predicted octanol–water partition coefficient (Wildman–Crippen LogP) is 2.26. The molecular formula is C21H31N3O2. The number of carbonyl (C=O) groups is 2. The molecule has 1 aliphatic heterocycles. The molecule has 2 fully saturated rings. The molecule has 2 amide bonds. The molecule has 0 bridgehead atoms. The third-order valence-electron chi connectivity index (χ3n) is 5.41. The maximum Gasteiger partial charge on any atom is 0.243 e. The number of nitrogens with zero attached hydrogens (tertiary/aromatic N) is 1. The number of likely N-dealkylation sites (tertiary alicyclic amines) is 1. The largest absolute Gasteiger partial charge is 0.352 e. The van der Waals surface area contributed by atoms with E-state index in [4.69, 9.17) is 0 Å². The van der Waals surface area contributed by atoms with Gasteiger partial charge in [-0.1, -0.05) is 43.2 Å². The summed E-state index contributed by atoms with van der Waals surface area (Å²) in [4.78, 5) is 27.7. The van der Waals surface area contributed by atoms with Gasteiger partial charge in [-0.2, -0.15) is 0 Å². The fourth-order valence-electron chi connectivity index (χ4n) is 3.53. The van der Waals surface area contributed by atoms with Crippen LogP contribution in [0.15, 0.2) is 30.3 Å². The second-order valence-electron chi connectivity index (χ2n) is 7.66. The number of hydrogen-bond acceptors (Lipinski definition) is 3. The second kappa shape index (κ2) is 9.17. The lowest BCUT2D eigenvalue weighted by Gasteiger charge is -2.28. The van der Waals surface area contributed by atoms with Crippen LogP contribution in [0.2, 0.25) is 0 Å². The lowest BCUT2D eigenvalue weighted by Crippen LogP contribution is -2.54.